The molecule has 4 aromatic rings. The molecule has 0 aliphatic carbocycles. The fourth-order valence-corrected chi connectivity index (χ4v) is 8.50. The van der Waals surface area contributed by atoms with Crippen LogP contribution < -0.4 is 15.1 Å². The van der Waals surface area contributed by atoms with Crippen molar-refractivity contribution in [2.45, 2.75) is 29.7 Å². The number of rotatable bonds is 6. The number of non-ortho nitro benzene ring substituents is 1. The van der Waals surface area contributed by atoms with Gasteiger partial charge in [0, 0.05) is 28.6 Å². The Morgan fingerprint density at radius 3 is 2.37 bits per heavy atom. The van der Waals surface area contributed by atoms with Crippen LogP contribution in [0.15, 0.2) is 76.6 Å². The van der Waals surface area contributed by atoms with Crippen LogP contribution >= 0.6 is 46.3 Å². The molecule has 3 aromatic carbocycles. The number of fused-ring (bicyclic) bond motifs is 2. The van der Waals surface area contributed by atoms with Gasteiger partial charge in [0.05, 0.1) is 31.6 Å². The number of thiazole rings is 1. The number of imide groups is 1. The average molecular weight is 656 g/mol. The molecule has 14 heteroatoms. The van der Waals surface area contributed by atoms with E-state index < -0.39 is 44.6 Å². The number of anilines is 2. The summed E-state index contributed by atoms with van der Waals surface area (Å²) < 4.78 is 1.31. The van der Waals surface area contributed by atoms with Crippen molar-refractivity contribution in [2.75, 3.05) is 10.2 Å². The Morgan fingerprint density at radius 2 is 1.70 bits per heavy atom. The van der Waals surface area contributed by atoms with E-state index in [0.29, 0.717) is 21.2 Å². The van der Waals surface area contributed by atoms with E-state index in [1.54, 1.807) is 30.3 Å². The minimum atomic E-state index is -0.962. The molecule has 2 aliphatic rings. The molecule has 0 saturated carbocycles. The third-order valence-corrected chi connectivity index (χ3v) is 10.8. The number of nitro benzene ring substituents is 1. The summed E-state index contributed by atoms with van der Waals surface area (Å²) in [5, 5.41) is 13.8. The third kappa shape index (κ3) is 5.14. The van der Waals surface area contributed by atoms with Crippen LogP contribution in [-0.2, 0) is 20.9 Å². The van der Waals surface area contributed by atoms with Crippen LogP contribution in [0.1, 0.15) is 21.9 Å². The lowest BCUT2D eigenvalue weighted by molar-refractivity contribution is -0.384. The van der Waals surface area contributed by atoms with E-state index in [9.17, 15) is 29.3 Å². The van der Waals surface area contributed by atoms with Gasteiger partial charge in [0.2, 0.25) is 17.7 Å². The highest BCUT2D eigenvalue weighted by Crippen LogP contribution is 2.55. The first-order chi connectivity index (χ1) is 20.5. The molecule has 0 spiro atoms. The Labute approximate surface area is 262 Å². The van der Waals surface area contributed by atoms with Gasteiger partial charge in [0.15, 0.2) is 0 Å². The quantitative estimate of drug-likeness (QED) is 0.156. The van der Waals surface area contributed by atoms with Gasteiger partial charge in [-0.15, -0.1) is 0 Å². The molecule has 43 heavy (non-hydrogen) atoms. The second kappa shape index (κ2) is 11.3. The summed E-state index contributed by atoms with van der Waals surface area (Å²) >= 11 is 14.9. The van der Waals surface area contributed by atoms with Crippen LogP contribution in [0.5, 0.6) is 0 Å². The number of halogens is 2. The predicted octanol–water partition coefficient (Wildman–Crippen LogP) is 5.87. The summed E-state index contributed by atoms with van der Waals surface area (Å²) in [6.45, 7) is 1.61. The minimum absolute atomic E-state index is 0.185. The molecule has 1 saturated heterocycles. The lowest BCUT2D eigenvalue weighted by atomic mass is 9.83. The summed E-state index contributed by atoms with van der Waals surface area (Å²) in [6.07, 6.45) is 0. The molecular formula is C29H20Cl2N4O6S2. The molecule has 0 radical (unpaired) electrons. The number of aryl methyl sites for hydroxylation is 1. The maximum atomic E-state index is 14.0. The number of aromatic nitrogens is 1. The first-order valence-electron chi connectivity index (χ1n) is 12.9. The molecule has 3 atom stereocenters. The van der Waals surface area contributed by atoms with E-state index in [-0.39, 0.29) is 28.0 Å². The zero-order chi connectivity index (χ0) is 30.6. The topological polar surface area (TPSA) is 132 Å². The van der Waals surface area contributed by atoms with Crippen LogP contribution in [0.4, 0.5) is 17.1 Å². The number of benzene rings is 3. The Balaban J connectivity index is 1.42. The summed E-state index contributed by atoms with van der Waals surface area (Å²) in [5.41, 5.74) is 2.06. The Bertz CT molecular complexity index is 1870. The number of hydrogen-bond acceptors (Lipinski definition) is 8. The van der Waals surface area contributed by atoms with Gasteiger partial charge < -0.3 is 5.32 Å². The smallest absolute Gasteiger partial charge is 0.308 e. The number of carbonyl (C=O) groups excluding carboxylic acids is 3. The fraction of sp³-hybridized carbons (Fsp3) is 0.172. The van der Waals surface area contributed by atoms with Crippen molar-refractivity contribution in [3.63, 3.8) is 0 Å². The van der Waals surface area contributed by atoms with Gasteiger partial charge >= 0.3 is 4.87 Å². The van der Waals surface area contributed by atoms with E-state index in [1.807, 2.05) is 19.1 Å². The summed E-state index contributed by atoms with van der Waals surface area (Å²) in [6, 6.07) is 17.3. The third-order valence-electron chi connectivity index (χ3n) is 7.32. The van der Waals surface area contributed by atoms with E-state index >= 15 is 0 Å². The summed E-state index contributed by atoms with van der Waals surface area (Å²) in [5.74, 6) is -3.28. The SMILES string of the molecule is Cc1ccc(NC(=O)Cn2c3c(sc2=O)[C@@H](c2cccc(Cl)c2Cl)[C@@H]2C(=O)N(c4ccc([N+](=O)[O-])cc4)C(=O)[C@@H]2S3)cc1. The van der Waals surface area contributed by atoms with Crippen LogP contribution in [0.2, 0.25) is 10.0 Å². The monoisotopic (exact) mass is 654 g/mol. The van der Waals surface area contributed by atoms with Crippen molar-refractivity contribution in [3.8, 4) is 0 Å². The zero-order valence-electron chi connectivity index (χ0n) is 22.2. The van der Waals surface area contributed by atoms with Gasteiger partial charge in [-0.25, -0.2) is 4.90 Å². The van der Waals surface area contributed by atoms with E-state index in [2.05, 4.69) is 5.32 Å². The first-order valence-corrected chi connectivity index (χ1v) is 15.3. The lowest BCUT2D eigenvalue weighted by Gasteiger charge is -2.31. The standard InChI is InChI=1S/C29H20Cl2N4O6S2/c1-14-5-7-15(8-6-14)32-20(36)13-33-28-25(43-29(33)39)21(18-3-2-4-19(30)23(18)31)22-24(42-28)27(38)34(26(22)37)16-9-11-17(12-10-16)35(40)41/h2-12,21-22,24H,13H2,1H3,(H,32,36)/t21-,22-,24+/m0/s1. The molecule has 0 bridgehead atoms. The largest absolute Gasteiger partial charge is 0.325 e. The highest BCUT2D eigenvalue weighted by atomic mass is 35.5. The van der Waals surface area contributed by atoms with Gasteiger partial charge in [-0.2, -0.15) is 0 Å². The molecule has 6 rings (SSSR count). The molecule has 218 valence electrons. The van der Waals surface area contributed by atoms with Crippen LogP contribution in [-0.4, -0.2) is 32.5 Å². The van der Waals surface area contributed by atoms with E-state index in [0.717, 1.165) is 33.6 Å². The van der Waals surface area contributed by atoms with E-state index in [4.69, 9.17) is 23.2 Å². The molecular weight excluding hydrogens is 635 g/mol. The number of nitrogens with zero attached hydrogens (tertiary/aromatic N) is 3. The second-order valence-electron chi connectivity index (χ2n) is 10.0. The fourth-order valence-electron chi connectivity index (χ4n) is 5.31. The van der Waals surface area contributed by atoms with Crippen LogP contribution in [0.25, 0.3) is 0 Å². The maximum absolute atomic E-state index is 14.0. The molecule has 3 amide bonds. The highest BCUT2D eigenvalue weighted by molar-refractivity contribution is 8.00. The maximum Gasteiger partial charge on any atom is 0.308 e. The van der Waals surface area contributed by atoms with Crippen LogP contribution in [0, 0.1) is 23.0 Å². The minimum Gasteiger partial charge on any atom is -0.325 e. The van der Waals surface area contributed by atoms with Crippen LogP contribution in [0.3, 0.4) is 0 Å². The van der Waals surface area contributed by atoms with Crippen molar-refractivity contribution < 1.29 is 19.3 Å². The molecule has 3 heterocycles. The number of nitrogens with one attached hydrogen (secondary N) is 1. The molecule has 1 N–H and O–H groups in total. The van der Waals surface area contributed by atoms with Crippen molar-refractivity contribution in [2.24, 2.45) is 5.92 Å². The molecule has 0 unspecified atom stereocenters. The first kappa shape index (κ1) is 29.1. The van der Waals surface area contributed by atoms with Gasteiger partial charge in [-0.1, -0.05) is 76.1 Å². The lowest BCUT2D eigenvalue weighted by Crippen LogP contribution is -2.33. The number of nitro groups is 1. The molecule has 2 aliphatic heterocycles. The van der Waals surface area contributed by atoms with Gasteiger partial charge in [0.1, 0.15) is 11.8 Å². The molecule has 1 aromatic heterocycles. The number of amides is 3. The van der Waals surface area contributed by atoms with Crippen molar-refractivity contribution in [1.29, 1.82) is 0 Å². The normalized spacial score (nSPS) is 19.2. The van der Waals surface area contributed by atoms with Crippen molar-refractivity contribution >= 4 is 81.1 Å². The summed E-state index contributed by atoms with van der Waals surface area (Å²) in [7, 11) is 0. The van der Waals surface area contributed by atoms with Crippen molar-refractivity contribution in [1.82, 2.24) is 4.57 Å². The molecule has 1 fully saturated rings. The van der Waals surface area contributed by atoms with Gasteiger partial charge in [-0.05, 0) is 42.8 Å². The highest BCUT2D eigenvalue weighted by Gasteiger charge is 2.57. The number of carbonyl (C=O) groups is 3. The summed E-state index contributed by atoms with van der Waals surface area (Å²) in [4.78, 5) is 65.8. The van der Waals surface area contributed by atoms with Gasteiger partial charge in [0.25, 0.3) is 5.69 Å². The average Bonchev–Trinajstić information content (AvgIpc) is 3.42. The Hall–Kier alpha value is -3.97. The number of thioether (sulfide) groups is 1. The van der Waals surface area contributed by atoms with Gasteiger partial charge in [-0.3, -0.25) is 33.9 Å². The zero-order valence-corrected chi connectivity index (χ0v) is 25.3. The second-order valence-corrected chi connectivity index (χ2v) is 12.9. The van der Waals surface area contributed by atoms with Crippen molar-refractivity contribution in [3.05, 3.63) is 113 Å². The van der Waals surface area contributed by atoms with E-state index in [1.165, 1.54) is 28.8 Å². The Kier molecular flexibility index (Phi) is 7.63. The Morgan fingerprint density at radius 1 is 1.00 bits per heavy atom. The number of hydrogen-bond donors (Lipinski definition) is 1. The molecule has 10 nitrogen and oxygen atoms in total. The predicted molar refractivity (Wildman–Crippen MR) is 165 cm³/mol.